The Balaban J connectivity index is 1.61. The topological polar surface area (TPSA) is 67.6 Å². The molecule has 1 fully saturated rings. The molecule has 0 spiro atoms. The molecule has 0 aliphatic heterocycles. The molecule has 1 aliphatic carbocycles. The molecule has 1 aromatic carbocycles. The second kappa shape index (κ2) is 8.57. The van der Waals surface area contributed by atoms with Gasteiger partial charge < -0.3 is 19.5 Å². The lowest BCUT2D eigenvalue weighted by molar-refractivity contribution is -0.123. The van der Waals surface area contributed by atoms with Crippen LogP contribution >= 0.6 is 0 Å². The molecule has 3 rings (SSSR count). The van der Waals surface area contributed by atoms with Crippen LogP contribution in [0.1, 0.15) is 38.8 Å². The Hall–Kier alpha value is -2.34. The zero-order valence-corrected chi connectivity index (χ0v) is 16.5. The van der Waals surface area contributed by atoms with Gasteiger partial charge in [-0.1, -0.05) is 31.1 Å². The Bertz CT molecular complexity index is 764. The summed E-state index contributed by atoms with van der Waals surface area (Å²) in [6, 6.07) is 9.52. The number of hydrogen-bond acceptors (Lipinski definition) is 5. The number of benzene rings is 1. The van der Waals surface area contributed by atoms with Gasteiger partial charge >= 0.3 is 0 Å². The third kappa shape index (κ3) is 4.33. The number of nitrogens with one attached hydrogen (secondary N) is 1. The molecule has 2 aromatic rings. The van der Waals surface area contributed by atoms with Gasteiger partial charge in [-0.3, -0.25) is 4.79 Å². The molecule has 6 heteroatoms. The van der Waals surface area contributed by atoms with Crippen molar-refractivity contribution < 1.29 is 14.1 Å². The van der Waals surface area contributed by atoms with Crippen molar-refractivity contribution in [2.75, 3.05) is 33.3 Å². The number of carbonyl (C=O) groups excluding carboxylic acids is 1. The summed E-state index contributed by atoms with van der Waals surface area (Å²) in [5.41, 5.74) is 1.10. The molecule has 0 radical (unpaired) electrons. The molecule has 1 aromatic heterocycles. The molecule has 6 nitrogen and oxygen atoms in total. The zero-order chi connectivity index (χ0) is 19.3. The van der Waals surface area contributed by atoms with E-state index in [4.69, 9.17) is 9.26 Å². The number of carbonyl (C=O) groups is 1. The van der Waals surface area contributed by atoms with E-state index in [-0.39, 0.29) is 5.91 Å². The van der Waals surface area contributed by atoms with Gasteiger partial charge in [0.25, 0.3) is 0 Å². The fourth-order valence-electron chi connectivity index (χ4n) is 3.35. The Morgan fingerprint density at radius 3 is 2.74 bits per heavy atom. The zero-order valence-electron chi connectivity index (χ0n) is 16.5. The number of hydrogen-bond donors (Lipinski definition) is 1. The minimum Gasteiger partial charge on any atom is -0.497 e. The van der Waals surface area contributed by atoms with Crippen molar-refractivity contribution in [3.8, 4) is 17.1 Å². The standard InChI is InChI=1S/C21H29N3O3/c1-4-24(5-2)13-7-12-22-20(25)21(10-11-21)19-15-18(27-23-19)16-8-6-9-17(14-16)26-3/h6,8-9,14-15H,4-5,7,10-13H2,1-3H3,(H,22,25). The van der Waals surface area contributed by atoms with E-state index in [1.165, 1.54) is 0 Å². The van der Waals surface area contributed by atoms with Crippen LogP contribution in [0.25, 0.3) is 11.3 Å². The minimum atomic E-state index is -0.518. The Kier molecular flexibility index (Phi) is 6.16. The lowest BCUT2D eigenvalue weighted by atomic mass is 10.00. The lowest BCUT2D eigenvalue weighted by Gasteiger charge is -2.18. The van der Waals surface area contributed by atoms with Crippen molar-refractivity contribution in [2.45, 2.75) is 38.5 Å². The fraction of sp³-hybridized carbons (Fsp3) is 0.524. The third-order valence-corrected chi connectivity index (χ3v) is 5.37. The molecule has 0 saturated heterocycles. The van der Waals surface area contributed by atoms with Crippen LogP contribution in [0.3, 0.4) is 0 Å². The normalized spacial score (nSPS) is 15.0. The van der Waals surface area contributed by atoms with Gasteiger partial charge in [0, 0.05) is 18.2 Å². The van der Waals surface area contributed by atoms with E-state index >= 15 is 0 Å². The molecule has 1 heterocycles. The van der Waals surface area contributed by atoms with E-state index < -0.39 is 5.41 Å². The summed E-state index contributed by atoms with van der Waals surface area (Å²) in [6.45, 7) is 8.10. The summed E-state index contributed by atoms with van der Waals surface area (Å²) in [5.74, 6) is 1.48. The predicted octanol–water partition coefficient (Wildman–Crippen LogP) is 3.23. The minimum absolute atomic E-state index is 0.0625. The van der Waals surface area contributed by atoms with Gasteiger partial charge in [0.1, 0.15) is 5.75 Å². The molecule has 0 unspecified atom stereocenters. The van der Waals surface area contributed by atoms with Crippen molar-refractivity contribution in [3.63, 3.8) is 0 Å². The highest BCUT2D eigenvalue weighted by Crippen LogP contribution is 2.48. The Morgan fingerprint density at radius 1 is 1.30 bits per heavy atom. The van der Waals surface area contributed by atoms with E-state index in [1.807, 2.05) is 30.3 Å². The first-order chi connectivity index (χ1) is 13.1. The van der Waals surface area contributed by atoms with Crippen LogP contribution in [0.4, 0.5) is 0 Å². The molecule has 1 amide bonds. The quantitative estimate of drug-likeness (QED) is 0.650. The molecular weight excluding hydrogens is 342 g/mol. The van der Waals surface area contributed by atoms with Crippen LogP contribution in [0.15, 0.2) is 34.9 Å². The summed E-state index contributed by atoms with van der Waals surface area (Å²) >= 11 is 0. The van der Waals surface area contributed by atoms with E-state index in [9.17, 15) is 4.79 Å². The first-order valence-electron chi connectivity index (χ1n) is 9.75. The molecule has 1 N–H and O–H groups in total. The second-order valence-corrected chi connectivity index (χ2v) is 7.03. The van der Waals surface area contributed by atoms with Crippen LogP contribution in [-0.2, 0) is 10.2 Å². The number of methoxy groups -OCH3 is 1. The van der Waals surface area contributed by atoms with Gasteiger partial charge in [-0.25, -0.2) is 0 Å². The summed E-state index contributed by atoms with van der Waals surface area (Å²) in [5, 5.41) is 7.29. The van der Waals surface area contributed by atoms with Crippen LogP contribution in [0, 0.1) is 0 Å². The highest BCUT2D eigenvalue weighted by Gasteiger charge is 2.53. The summed E-state index contributed by atoms with van der Waals surface area (Å²) < 4.78 is 10.8. The van der Waals surface area contributed by atoms with Crippen LogP contribution in [-0.4, -0.2) is 49.3 Å². The molecule has 1 aliphatic rings. The maximum absolute atomic E-state index is 12.7. The Morgan fingerprint density at radius 2 is 2.07 bits per heavy atom. The predicted molar refractivity (Wildman–Crippen MR) is 105 cm³/mol. The average molecular weight is 371 g/mol. The highest BCUT2D eigenvalue weighted by molar-refractivity contribution is 5.91. The number of aromatic nitrogens is 1. The molecule has 0 atom stereocenters. The summed E-state index contributed by atoms with van der Waals surface area (Å²) in [6.07, 6.45) is 2.59. The van der Waals surface area contributed by atoms with E-state index in [1.54, 1.807) is 7.11 Å². The van der Waals surface area contributed by atoms with Crippen molar-refractivity contribution >= 4 is 5.91 Å². The molecule has 0 bridgehead atoms. The van der Waals surface area contributed by atoms with E-state index in [2.05, 4.69) is 29.2 Å². The summed E-state index contributed by atoms with van der Waals surface area (Å²) in [4.78, 5) is 15.1. The van der Waals surface area contributed by atoms with Gasteiger partial charge in [0.15, 0.2) is 5.76 Å². The highest BCUT2D eigenvalue weighted by atomic mass is 16.5. The van der Waals surface area contributed by atoms with Crippen LogP contribution in [0.5, 0.6) is 5.75 Å². The number of ether oxygens (including phenoxy) is 1. The Labute approximate surface area is 160 Å². The first-order valence-corrected chi connectivity index (χ1v) is 9.75. The monoisotopic (exact) mass is 371 g/mol. The van der Waals surface area contributed by atoms with Gasteiger partial charge in [-0.05, 0) is 51.0 Å². The van der Waals surface area contributed by atoms with Crippen LogP contribution in [0.2, 0.25) is 0 Å². The second-order valence-electron chi connectivity index (χ2n) is 7.03. The van der Waals surface area contributed by atoms with Gasteiger partial charge in [0.2, 0.25) is 5.91 Å². The lowest BCUT2D eigenvalue weighted by Crippen LogP contribution is -2.36. The smallest absolute Gasteiger partial charge is 0.232 e. The fourth-order valence-corrected chi connectivity index (χ4v) is 3.35. The number of rotatable bonds is 10. The molecular formula is C21H29N3O3. The third-order valence-electron chi connectivity index (χ3n) is 5.37. The maximum Gasteiger partial charge on any atom is 0.232 e. The molecule has 146 valence electrons. The SMILES string of the molecule is CCN(CC)CCCNC(=O)C1(c2cc(-c3cccc(OC)c3)on2)CC1. The molecule has 27 heavy (non-hydrogen) atoms. The first kappa shape index (κ1) is 19.4. The summed E-state index contributed by atoms with van der Waals surface area (Å²) in [7, 11) is 1.63. The van der Waals surface area contributed by atoms with Crippen molar-refractivity contribution in [3.05, 3.63) is 36.0 Å². The van der Waals surface area contributed by atoms with Crippen molar-refractivity contribution in [1.29, 1.82) is 0 Å². The van der Waals surface area contributed by atoms with Gasteiger partial charge in [0.05, 0.1) is 18.2 Å². The van der Waals surface area contributed by atoms with Gasteiger partial charge in [-0.15, -0.1) is 0 Å². The average Bonchev–Trinajstić information content (AvgIpc) is 3.37. The molecule has 1 saturated carbocycles. The number of nitrogens with zero attached hydrogens (tertiary/aromatic N) is 2. The van der Waals surface area contributed by atoms with Crippen molar-refractivity contribution in [1.82, 2.24) is 15.4 Å². The number of amides is 1. The van der Waals surface area contributed by atoms with Crippen molar-refractivity contribution in [2.24, 2.45) is 0 Å². The van der Waals surface area contributed by atoms with E-state index in [0.717, 1.165) is 55.9 Å². The largest absolute Gasteiger partial charge is 0.497 e. The van der Waals surface area contributed by atoms with Crippen LogP contribution < -0.4 is 10.1 Å². The van der Waals surface area contributed by atoms with E-state index in [0.29, 0.717) is 12.3 Å². The van der Waals surface area contributed by atoms with Gasteiger partial charge in [-0.2, -0.15) is 0 Å². The maximum atomic E-state index is 12.7.